The minimum atomic E-state index is -1.94. The maximum absolute atomic E-state index is 15.5. The molecule has 11 amide bonds. The number of methoxy groups -OCH3 is 1. The van der Waals surface area contributed by atoms with Crippen molar-refractivity contribution in [2.24, 2.45) is 47.3 Å². The van der Waals surface area contributed by atoms with Gasteiger partial charge in [-0.2, -0.15) is 0 Å². The predicted octanol–water partition coefficient (Wildman–Crippen LogP) is 2.71. The smallest absolute Gasteiger partial charge is 0.329 e. The van der Waals surface area contributed by atoms with Gasteiger partial charge < -0.3 is 86.8 Å². The Labute approximate surface area is 613 Å². The van der Waals surface area contributed by atoms with Gasteiger partial charge in [0.15, 0.2) is 0 Å². The van der Waals surface area contributed by atoms with Crippen molar-refractivity contribution in [2.45, 2.75) is 228 Å². The molecule has 0 spiro atoms. The number of cyclic esters (lactones) is 1. The summed E-state index contributed by atoms with van der Waals surface area (Å²) >= 11 is 0. The van der Waals surface area contributed by atoms with E-state index < -0.39 is 197 Å². The zero-order valence-electron chi connectivity index (χ0n) is 65.3. The number of aromatic amines is 1. The van der Waals surface area contributed by atoms with Crippen molar-refractivity contribution in [1.29, 1.82) is 0 Å². The molecule has 11 N–H and O–H groups in total. The number of amides is 11. The van der Waals surface area contributed by atoms with Crippen LogP contribution in [0, 0.1) is 47.3 Å². The summed E-state index contributed by atoms with van der Waals surface area (Å²) in [5.74, 6) is -15.1. The molecule has 29 nitrogen and oxygen atoms in total. The van der Waals surface area contributed by atoms with Crippen molar-refractivity contribution in [3.05, 3.63) is 65.9 Å². The Morgan fingerprint density at radius 2 is 1.01 bits per heavy atom. The zero-order chi connectivity index (χ0) is 79.0. The van der Waals surface area contributed by atoms with Gasteiger partial charge in [0, 0.05) is 51.7 Å². The fraction of sp³-hybridized carbons (Fsp3) is 0.653. The number of ether oxygens (including phenoxy) is 2. The molecule has 104 heavy (non-hydrogen) atoms. The molecule has 0 unspecified atom stereocenters. The van der Waals surface area contributed by atoms with Crippen LogP contribution in [0.15, 0.2) is 54.7 Å². The number of fused-ring (bicyclic) bond motifs is 1. The molecule has 1 aromatic heterocycles. The number of hydrogen-bond donors (Lipinski definition) is 11. The van der Waals surface area contributed by atoms with Crippen molar-refractivity contribution in [3.63, 3.8) is 0 Å². The van der Waals surface area contributed by atoms with Crippen LogP contribution in [0.4, 0.5) is 0 Å². The maximum atomic E-state index is 15.5. The third kappa shape index (κ3) is 21.9. The number of nitrogens with one attached hydrogen (secondary N) is 9. The molecule has 1 aliphatic rings. The van der Waals surface area contributed by atoms with Crippen molar-refractivity contribution < 1.29 is 77.2 Å². The Morgan fingerprint density at radius 1 is 0.529 bits per heavy atom. The largest absolute Gasteiger partial charge is 0.496 e. The second-order valence-corrected chi connectivity index (χ2v) is 30.4. The highest BCUT2D eigenvalue weighted by molar-refractivity contribution is 6.01. The molecule has 0 saturated carbocycles. The number of aliphatic hydroxyl groups is 2. The monoisotopic (exact) mass is 1460 g/mol. The van der Waals surface area contributed by atoms with Gasteiger partial charge >= 0.3 is 5.97 Å². The molecule has 4 rings (SSSR count). The molecule has 0 radical (unpaired) electrons. The van der Waals surface area contributed by atoms with E-state index in [0.29, 0.717) is 22.2 Å². The summed E-state index contributed by atoms with van der Waals surface area (Å²) in [6.45, 7) is 29.3. The SMILES string of the molecule is CN[C@H](C(=O)N[C@H](C(=O)N[C@@H]1C(=O)N(C)[C@@H]([C@@H](C)O)C(=O)N[C@@H](C(C)C)C(=O)N(C)[C@@H](CC(C)C)C(=O)N[C@@H](C(C)C)C(=O)N(C)[C@@H](C(C)C)C(=O)N(C)[C@@H](Cc2c[nH]c3cccc(OC)c23)C(=O)N[C@@H](C(C)C)C(=O)N[C@@H]([C@H](O)c2ccccc2)C(=O)N[C@@H](C(C)C)C(=O)O[C@@H]1C)C(C)C)C(C)C. The van der Waals surface area contributed by atoms with Gasteiger partial charge in [-0.05, 0) is 97.9 Å². The summed E-state index contributed by atoms with van der Waals surface area (Å²) in [6.07, 6.45) is -3.76. The Kier molecular flexibility index (Phi) is 32.8. The minimum absolute atomic E-state index is 0.0454. The highest BCUT2D eigenvalue weighted by Crippen LogP contribution is 2.31. The van der Waals surface area contributed by atoms with Crippen LogP contribution in [0.25, 0.3) is 10.9 Å². The van der Waals surface area contributed by atoms with Gasteiger partial charge in [-0.1, -0.05) is 147 Å². The van der Waals surface area contributed by atoms with Gasteiger partial charge in [0.1, 0.15) is 84.4 Å². The molecule has 1 fully saturated rings. The molecular formula is C75H119N13O16. The van der Waals surface area contributed by atoms with Crippen LogP contribution in [0.5, 0.6) is 5.75 Å². The first-order valence-electron chi connectivity index (χ1n) is 36.1. The lowest BCUT2D eigenvalue weighted by Gasteiger charge is -2.39. The number of carbonyl (C=O) groups excluding carboxylic acids is 12. The van der Waals surface area contributed by atoms with E-state index in [0.717, 1.165) is 16.8 Å². The first kappa shape index (κ1) is 87.7. The maximum Gasteiger partial charge on any atom is 0.329 e. The normalized spacial score (nSPS) is 24.9. The van der Waals surface area contributed by atoms with Crippen molar-refractivity contribution in [2.75, 3.05) is 42.3 Å². The Hall–Kier alpha value is -8.70. The number of carbonyl (C=O) groups is 12. The van der Waals surface area contributed by atoms with E-state index in [4.69, 9.17) is 9.47 Å². The summed E-state index contributed by atoms with van der Waals surface area (Å²) in [4.78, 5) is 188. The summed E-state index contributed by atoms with van der Waals surface area (Å²) in [6, 6.07) is -4.75. The molecule has 15 atom stereocenters. The topological polar surface area (TPSA) is 389 Å². The summed E-state index contributed by atoms with van der Waals surface area (Å²) in [5.41, 5.74) is 1.30. The van der Waals surface area contributed by atoms with Gasteiger partial charge in [-0.25, -0.2) is 4.79 Å². The average Bonchev–Trinajstić information content (AvgIpc) is 1.52. The first-order valence-corrected chi connectivity index (χ1v) is 36.1. The van der Waals surface area contributed by atoms with Crippen LogP contribution >= 0.6 is 0 Å². The van der Waals surface area contributed by atoms with Gasteiger partial charge in [-0.15, -0.1) is 0 Å². The molecule has 3 aromatic rings. The summed E-state index contributed by atoms with van der Waals surface area (Å²) in [7, 11) is 8.36. The van der Waals surface area contributed by atoms with E-state index in [9.17, 15) is 29.4 Å². The number of likely N-dealkylation sites (N-methyl/N-ethyl adjacent to an activating group) is 5. The lowest BCUT2D eigenvalue weighted by atomic mass is 9.94. The predicted molar refractivity (Wildman–Crippen MR) is 393 cm³/mol. The van der Waals surface area contributed by atoms with Gasteiger partial charge in [0.2, 0.25) is 65.0 Å². The lowest BCUT2D eigenvalue weighted by molar-refractivity contribution is -0.160. The van der Waals surface area contributed by atoms with Gasteiger partial charge in [0.25, 0.3) is 0 Å². The van der Waals surface area contributed by atoms with Crippen LogP contribution in [-0.4, -0.2) is 233 Å². The molecule has 0 bridgehead atoms. The number of aromatic nitrogens is 1. The van der Waals surface area contributed by atoms with Crippen molar-refractivity contribution >= 4 is 81.9 Å². The third-order valence-corrected chi connectivity index (χ3v) is 19.3. The van der Waals surface area contributed by atoms with Crippen molar-refractivity contribution in [3.8, 4) is 5.75 Å². The standard InChI is InChI=1S/C75H119N13O16/c1-36(2)33-49-64(91)80-57(41(11)12)72(99)87(22)61(43(15)16)74(101)86(21)50(34-47-35-77-48-31-28-32-51(103-24)52(47)48)65(92)78-54(38(5)6)68(95)84-60(63(90)46-29-26-25-27-30-46)69(96)82-58(42(13)14)75(102)104-45(18)59(83-67(94)55(39(7)8)79-66(93)53(76-19)37(3)4)73(100)88(23)62(44(17)89)70(97)81-56(40(9)10)71(98)85(49)20/h25-32,35-45,49-50,53-63,76-77,89-90H,33-34H2,1-24H3,(H,78,92)(H,79,93)(H,80,91)(H,81,97)(H,82,96)(H,83,94)(H,84,95)/t44-,45-,49+,50+,53+,54+,55+,56+,57+,58+,59+,60+,61+,62+,63-/m1/s1. The molecule has 2 aromatic carbocycles. The molecule has 580 valence electrons. The molecule has 1 saturated heterocycles. The zero-order valence-corrected chi connectivity index (χ0v) is 65.3. The number of benzene rings is 2. The highest BCUT2D eigenvalue weighted by atomic mass is 16.5. The van der Waals surface area contributed by atoms with Crippen LogP contribution in [-0.2, 0) is 68.7 Å². The van der Waals surface area contributed by atoms with E-state index in [-0.39, 0.29) is 30.2 Å². The quantitative estimate of drug-likeness (QED) is 0.0725. The average molecular weight is 1460 g/mol. The number of aliphatic hydroxyl groups excluding tert-OH is 2. The third-order valence-electron chi connectivity index (χ3n) is 19.3. The number of hydrogen-bond acceptors (Lipinski definition) is 17. The fourth-order valence-electron chi connectivity index (χ4n) is 13.0. The van der Waals surface area contributed by atoms with Crippen LogP contribution < -0.4 is 47.3 Å². The molecular weight excluding hydrogens is 1340 g/mol. The Morgan fingerprint density at radius 3 is 1.51 bits per heavy atom. The van der Waals surface area contributed by atoms with E-state index in [1.807, 2.05) is 13.8 Å². The van der Waals surface area contributed by atoms with E-state index in [2.05, 4.69) is 47.5 Å². The second-order valence-electron chi connectivity index (χ2n) is 30.4. The van der Waals surface area contributed by atoms with E-state index in [1.165, 1.54) is 64.0 Å². The molecule has 29 heteroatoms. The second kappa shape index (κ2) is 38.9. The first-order chi connectivity index (χ1) is 48.5. The van der Waals surface area contributed by atoms with Crippen LogP contribution in [0.2, 0.25) is 0 Å². The highest BCUT2D eigenvalue weighted by Gasteiger charge is 2.47. The number of H-pyrrole nitrogens is 1. The van der Waals surface area contributed by atoms with E-state index >= 15 is 38.4 Å². The molecule has 1 aliphatic heterocycles. The van der Waals surface area contributed by atoms with Crippen LogP contribution in [0.1, 0.15) is 148 Å². The van der Waals surface area contributed by atoms with Gasteiger partial charge in [-0.3, -0.25) is 52.7 Å². The number of nitrogens with zero attached hydrogens (tertiary/aromatic N) is 4. The summed E-state index contributed by atoms with van der Waals surface area (Å²) in [5, 5.41) is 46.4. The Balaban J connectivity index is 2.06. The molecule has 2 heterocycles. The van der Waals surface area contributed by atoms with Crippen molar-refractivity contribution in [1.82, 2.24) is 67.1 Å². The molecule has 0 aliphatic carbocycles. The van der Waals surface area contributed by atoms with Crippen LogP contribution in [0.3, 0.4) is 0 Å². The van der Waals surface area contributed by atoms with E-state index in [1.54, 1.807) is 147 Å². The van der Waals surface area contributed by atoms with Gasteiger partial charge in [0.05, 0.1) is 19.3 Å². The minimum Gasteiger partial charge on any atom is -0.496 e. The number of esters is 1. The Bertz CT molecular complexity index is 3470. The lowest BCUT2D eigenvalue weighted by Crippen LogP contribution is -2.65. The summed E-state index contributed by atoms with van der Waals surface area (Å²) < 4.78 is 11.8. The fourth-order valence-corrected chi connectivity index (χ4v) is 13.0. The number of rotatable bonds is 20.